The second kappa shape index (κ2) is 5.87. The molecule has 0 bridgehead atoms. The van der Waals surface area contributed by atoms with E-state index in [4.69, 9.17) is 0 Å². The van der Waals surface area contributed by atoms with Gasteiger partial charge in [-0.15, -0.1) is 0 Å². The molecule has 2 aromatic rings. The van der Waals surface area contributed by atoms with Crippen molar-refractivity contribution in [3.63, 3.8) is 0 Å². The van der Waals surface area contributed by atoms with Crippen molar-refractivity contribution < 1.29 is 4.79 Å². The first-order valence-corrected chi connectivity index (χ1v) is 7.19. The number of hydrogen-bond donors (Lipinski definition) is 0. The average molecular weight is 262 g/mol. The Morgan fingerprint density at radius 3 is 2.15 bits per heavy atom. The van der Waals surface area contributed by atoms with E-state index in [1.54, 1.807) is 0 Å². The van der Waals surface area contributed by atoms with Gasteiger partial charge in [0.1, 0.15) is 0 Å². The number of Topliss-reactive ketones (excluding diaryl/α,β-unsaturated/α-hetero) is 1. The van der Waals surface area contributed by atoms with Crippen molar-refractivity contribution in [3.05, 3.63) is 77.4 Å². The molecule has 0 aromatic heterocycles. The number of hydrogen-bond acceptors (Lipinski definition) is 1. The molecule has 0 aliphatic heterocycles. The molecule has 0 heterocycles. The lowest BCUT2D eigenvalue weighted by molar-refractivity contribution is -0.115. The highest BCUT2D eigenvalue weighted by Gasteiger charge is 2.21. The molecule has 0 spiro atoms. The first-order chi connectivity index (χ1) is 9.84. The number of carbonyl (C=O) groups is 1. The molecule has 0 amide bonds. The fourth-order valence-corrected chi connectivity index (χ4v) is 2.86. The van der Waals surface area contributed by atoms with Crippen LogP contribution in [0.1, 0.15) is 30.4 Å². The maximum atomic E-state index is 12.3. The Morgan fingerprint density at radius 2 is 1.45 bits per heavy atom. The summed E-state index contributed by atoms with van der Waals surface area (Å²) in [6, 6.07) is 20.6. The molecule has 0 radical (unpaired) electrons. The maximum Gasteiger partial charge on any atom is 0.159 e. The van der Waals surface area contributed by atoms with Crippen molar-refractivity contribution in [1.82, 2.24) is 0 Å². The van der Waals surface area contributed by atoms with E-state index < -0.39 is 0 Å². The topological polar surface area (TPSA) is 17.1 Å². The molecular weight excluding hydrogens is 244 g/mol. The van der Waals surface area contributed by atoms with Crippen LogP contribution in [0.3, 0.4) is 0 Å². The quantitative estimate of drug-likeness (QED) is 0.799. The fourth-order valence-electron chi connectivity index (χ4n) is 2.86. The largest absolute Gasteiger partial charge is 0.295 e. The SMILES string of the molecule is O=C1CCCC(c2ccccc2)=C1Cc1ccccc1. The Kier molecular flexibility index (Phi) is 3.78. The van der Waals surface area contributed by atoms with E-state index in [9.17, 15) is 4.79 Å². The van der Waals surface area contributed by atoms with E-state index in [-0.39, 0.29) is 0 Å². The van der Waals surface area contributed by atoms with E-state index in [0.29, 0.717) is 12.2 Å². The lowest BCUT2D eigenvalue weighted by Gasteiger charge is -2.20. The lowest BCUT2D eigenvalue weighted by atomic mass is 9.84. The van der Waals surface area contributed by atoms with Crippen LogP contribution in [-0.4, -0.2) is 5.78 Å². The number of allylic oxidation sites excluding steroid dienone is 2. The molecule has 0 saturated carbocycles. The Labute approximate surface area is 120 Å². The van der Waals surface area contributed by atoms with E-state index >= 15 is 0 Å². The molecule has 1 aliphatic carbocycles. The third-order valence-corrected chi connectivity index (χ3v) is 3.88. The van der Waals surface area contributed by atoms with Crippen molar-refractivity contribution in [2.45, 2.75) is 25.7 Å². The Balaban J connectivity index is 2.01. The maximum absolute atomic E-state index is 12.3. The van der Waals surface area contributed by atoms with Crippen LogP contribution in [0.15, 0.2) is 66.2 Å². The first-order valence-electron chi connectivity index (χ1n) is 7.19. The number of carbonyl (C=O) groups excluding carboxylic acids is 1. The number of rotatable bonds is 3. The molecule has 1 heteroatoms. The zero-order valence-electron chi connectivity index (χ0n) is 11.5. The van der Waals surface area contributed by atoms with Gasteiger partial charge in [-0.3, -0.25) is 4.79 Å². The van der Waals surface area contributed by atoms with Crippen molar-refractivity contribution in [3.8, 4) is 0 Å². The van der Waals surface area contributed by atoms with E-state index in [1.165, 1.54) is 16.7 Å². The molecule has 1 nitrogen and oxygen atoms in total. The second-order valence-corrected chi connectivity index (χ2v) is 5.26. The van der Waals surface area contributed by atoms with E-state index in [1.807, 2.05) is 36.4 Å². The Hall–Kier alpha value is -2.15. The van der Waals surface area contributed by atoms with E-state index in [2.05, 4.69) is 24.3 Å². The van der Waals surface area contributed by atoms with Crippen molar-refractivity contribution >= 4 is 11.4 Å². The number of ketones is 1. The fraction of sp³-hybridized carbons (Fsp3) is 0.211. The van der Waals surface area contributed by atoms with Gasteiger partial charge in [0.05, 0.1) is 0 Å². The van der Waals surface area contributed by atoms with Gasteiger partial charge in [0, 0.05) is 18.4 Å². The van der Waals surface area contributed by atoms with Crippen LogP contribution in [0, 0.1) is 0 Å². The molecule has 0 unspecified atom stereocenters. The van der Waals surface area contributed by atoms with Gasteiger partial charge in [0.25, 0.3) is 0 Å². The summed E-state index contributed by atoms with van der Waals surface area (Å²) < 4.78 is 0. The van der Waals surface area contributed by atoms with Gasteiger partial charge in [-0.25, -0.2) is 0 Å². The summed E-state index contributed by atoms with van der Waals surface area (Å²) in [5.74, 6) is 0.318. The van der Waals surface area contributed by atoms with Crippen molar-refractivity contribution in [1.29, 1.82) is 0 Å². The Bertz CT molecular complexity index is 623. The van der Waals surface area contributed by atoms with Crippen LogP contribution in [0.25, 0.3) is 5.57 Å². The van der Waals surface area contributed by atoms with Crippen LogP contribution < -0.4 is 0 Å². The highest BCUT2D eigenvalue weighted by atomic mass is 16.1. The van der Waals surface area contributed by atoms with Gasteiger partial charge >= 0.3 is 0 Å². The molecule has 0 saturated heterocycles. The lowest BCUT2D eigenvalue weighted by Crippen LogP contribution is -2.13. The summed E-state index contributed by atoms with van der Waals surface area (Å²) in [4.78, 5) is 12.3. The summed E-state index contributed by atoms with van der Waals surface area (Å²) in [6.45, 7) is 0. The second-order valence-electron chi connectivity index (χ2n) is 5.26. The smallest absolute Gasteiger partial charge is 0.159 e. The summed E-state index contributed by atoms with van der Waals surface area (Å²) in [5.41, 5.74) is 4.66. The third kappa shape index (κ3) is 2.72. The zero-order chi connectivity index (χ0) is 13.8. The van der Waals surface area contributed by atoms with Crippen molar-refractivity contribution in [2.24, 2.45) is 0 Å². The Morgan fingerprint density at radius 1 is 0.800 bits per heavy atom. The van der Waals surface area contributed by atoms with Gasteiger partial charge in [-0.2, -0.15) is 0 Å². The summed E-state index contributed by atoms with van der Waals surface area (Å²) in [6.07, 6.45) is 3.43. The summed E-state index contributed by atoms with van der Waals surface area (Å²) in [5, 5.41) is 0. The number of benzene rings is 2. The summed E-state index contributed by atoms with van der Waals surface area (Å²) >= 11 is 0. The molecule has 0 fully saturated rings. The van der Waals surface area contributed by atoms with E-state index in [0.717, 1.165) is 24.8 Å². The van der Waals surface area contributed by atoms with Gasteiger partial charge in [0.15, 0.2) is 5.78 Å². The minimum Gasteiger partial charge on any atom is -0.295 e. The normalized spacial score (nSPS) is 15.5. The first kappa shape index (κ1) is 12.9. The van der Waals surface area contributed by atoms with Gasteiger partial charge in [-0.05, 0) is 29.5 Å². The molecule has 3 rings (SSSR count). The molecule has 0 N–H and O–H groups in total. The average Bonchev–Trinajstić information content (AvgIpc) is 2.51. The summed E-state index contributed by atoms with van der Waals surface area (Å²) in [7, 11) is 0. The van der Waals surface area contributed by atoms with Crippen molar-refractivity contribution in [2.75, 3.05) is 0 Å². The van der Waals surface area contributed by atoms with Crippen LogP contribution >= 0.6 is 0 Å². The molecule has 2 aromatic carbocycles. The highest BCUT2D eigenvalue weighted by Crippen LogP contribution is 2.32. The van der Waals surface area contributed by atoms with Gasteiger partial charge in [0.2, 0.25) is 0 Å². The molecule has 100 valence electrons. The minimum absolute atomic E-state index is 0.318. The van der Waals surface area contributed by atoms with Gasteiger partial charge < -0.3 is 0 Å². The predicted octanol–water partition coefficient (Wildman–Crippen LogP) is 4.44. The molecular formula is C19H18O. The minimum atomic E-state index is 0.318. The van der Waals surface area contributed by atoms with Crippen LogP contribution in [-0.2, 0) is 11.2 Å². The monoisotopic (exact) mass is 262 g/mol. The van der Waals surface area contributed by atoms with Gasteiger partial charge in [-0.1, -0.05) is 60.7 Å². The van der Waals surface area contributed by atoms with Crippen LogP contribution in [0.5, 0.6) is 0 Å². The van der Waals surface area contributed by atoms with Crippen LogP contribution in [0.4, 0.5) is 0 Å². The standard InChI is InChI=1S/C19H18O/c20-19-13-7-12-17(16-10-5-2-6-11-16)18(19)14-15-8-3-1-4-9-15/h1-6,8-11H,7,12-14H2. The third-order valence-electron chi connectivity index (χ3n) is 3.88. The molecule has 20 heavy (non-hydrogen) atoms. The highest BCUT2D eigenvalue weighted by molar-refractivity contribution is 6.04. The molecule has 1 aliphatic rings. The molecule has 0 atom stereocenters. The predicted molar refractivity (Wildman–Crippen MR) is 82.4 cm³/mol. The zero-order valence-corrected chi connectivity index (χ0v) is 11.5. The van der Waals surface area contributed by atoms with Crippen LogP contribution in [0.2, 0.25) is 0 Å².